The summed E-state index contributed by atoms with van der Waals surface area (Å²) in [5.41, 5.74) is 2.52. The van der Waals surface area contributed by atoms with Crippen molar-refractivity contribution in [2.24, 2.45) is 46.3 Å². The summed E-state index contributed by atoms with van der Waals surface area (Å²) in [7, 11) is 0. The highest BCUT2D eigenvalue weighted by molar-refractivity contribution is 5.69. The number of unbranched alkanes of at least 4 members (excludes halogenated alkanes) is 16. The van der Waals surface area contributed by atoms with Crippen molar-refractivity contribution in [1.82, 2.24) is 0 Å². The van der Waals surface area contributed by atoms with Gasteiger partial charge in [0.1, 0.15) is 6.10 Å². The standard InChI is InChI=1S/C59H100O2/c1-7-8-9-10-11-12-13-14-15-16-17-18-19-20-21-22-23-24-25-26-27-28-29-30-31-32-33-34-35-39-57(60)61-52-44-46-58(5)51(48-52)40-41-53-55-43-42-54(50(4)38-36-37-49(2)3)59(55,6)47-45-56(53)58/h8-9,11-12,14-15,17-18,40,49-50,52-56H,7,10,13,16,19-39,41-48H2,1-6H3/b9-8-,12-11-,15-14-,18-17-. The van der Waals surface area contributed by atoms with Crippen LogP contribution in [-0.4, -0.2) is 12.1 Å². The van der Waals surface area contributed by atoms with E-state index in [0.29, 0.717) is 17.3 Å². The number of hydrogen-bond donors (Lipinski definition) is 0. The maximum absolute atomic E-state index is 12.9. The van der Waals surface area contributed by atoms with Crippen LogP contribution in [0.5, 0.6) is 0 Å². The van der Waals surface area contributed by atoms with Gasteiger partial charge in [0.2, 0.25) is 0 Å². The lowest BCUT2D eigenvalue weighted by atomic mass is 9.47. The maximum Gasteiger partial charge on any atom is 0.306 e. The van der Waals surface area contributed by atoms with E-state index in [1.54, 1.807) is 5.57 Å². The van der Waals surface area contributed by atoms with E-state index in [0.717, 1.165) is 80.5 Å². The largest absolute Gasteiger partial charge is 0.462 e. The number of rotatable bonds is 32. The van der Waals surface area contributed by atoms with Crippen LogP contribution >= 0.6 is 0 Å². The Hall–Kier alpha value is -1.83. The number of ether oxygens (including phenoxy) is 1. The number of allylic oxidation sites excluding steroid dienone is 9. The van der Waals surface area contributed by atoms with Crippen LogP contribution in [0.15, 0.2) is 60.3 Å². The fourth-order valence-corrected chi connectivity index (χ4v) is 13.1. The molecule has 3 fully saturated rings. The molecule has 4 aliphatic rings. The van der Waals surface area contributed by atoms with E-state index < -0.39 is 0 Å². The van der Waals surface area contributed by atoms with Crippen molar-refractivity contribution in [3.63, 3.8) is 0 Å². The molecule has 0 aromatic heterocycles. The number of carbonyl (C=O) groups is 1. The summed E-state index contributed by atoms with van der Waals surface area (Å²) in [6.45, 7) is 14.9. The molecule has 4 aliphatic carbocycles. The smallest absolute Gasteiger partial charge is 0.306 e. The lowest BCUT2D eigenvalue weighted by Gasteiger charge is -2.58. The highest BCUT2D eigenvalue weighted by atomic mass is 16.5. The number of fused-ring (bicyclic) bond motifs is 5. The Morgan fingerprint density at radius 3 is 1.79 bits per heavy atom. The minimum Gasteiger partial charge on any atom is -0.462 e. The van der Waals surface area contributed by atoms with E-state index in [1.807, 2.05) is 0 Å². The van der Waals surface area contributed by atoms with Gasteiger partial charge in [0.05, 0.1) is 0 Å². The van der Waals surface area contributed by atoms with Gasteiger partial charge < -0.3 is 4.74 Å². The van der Waals surface area contributed by atoms with Crippen LogP contribution in [0.2, 0.25) is 0 Å². The predicted molar refractivity (Wildman–Crippen MR) is 267 cm³/mol. The normalized spacial score (nSPS) is 28.2. The third-order valence-corrected chi connectivity index (χ3v) is 16.8. The SMILES string of the molecule is CC/C=C\C/C=C\C/C=C\C/C=C\CCCCCCCCCCCCCCCCCCC(=O)OC1CCC2(C)C(=CCC3C2CCC2(C)C(C(C)CCCC(C)C)CCC32)C1. The quantitative estimate of drug-likeness (QED) is 0.0383. The molecule has 0 spiro atoms. The summed E-state index contributed by atoms with van der Waals surface area (Å²) in [6, 6.07) is 0. The van der Waals surface area contributed by atoms with Crippen molar-refractivity contribution >= 4 is 5.97 Å². The van der Waals surface area contributed by atoms with Crippen LogP contribution in [0.1, 0.15) is 253 Å². The minimum atomic E-state index is 0.0635. The Labute approximate surface area is 380 Å². The topological polar surface area (TPSA) is 26.3 Å². The molecule has 8 unspecified atom stereocenters. The molecule has 0 heterocycles. The fourth-order valence-electron chi connectivity index (χ4n) is 13.1. The number of hydrogen-bond acceptors (Lipinski definition) is 2. The molecule has 4 rings (SSSR count). The average Bonchev–Trinajstić information content (AvgIpc) is 3.60. The van der Waals surface area contributed by atoms with E-state index in [-0.39, 0.29) is 12.1 Å². The number of carbonyl (C=O) groups excluding carboxylic acids is 1. The second-order valence-corrected chi connectivity index (χ2v) is 21.8. The third-order valence-electron chi connectivity index (χ3n) is 16.8. The first kappa shape index (κ1) is 51.8. The van der Waals surface area contributed by atoms with Crippen LogP contribution in [-0.2, 0) is 9.53 Å². The summed E-state index contributed by atoms with van der Waals surface area (Å²) in [6.07, 6.45) is 63.4. The van der Waals surface area contributed by atoms with Gasteiger partial charge in [0.25, 0.3) is 0 Å². The summed E-state index contributed by atoms with van der Waals surface area (Å²) in [4.78, 5) is 12.9. The molecule has 0 bridgehead atoms. The van der Waals surface area contributed by atoms with Crippen molar-refractivity contribution < 1.29 is 9.53 Å². The van der Waals surface area contributed by atoms with Gasteiger partial charge in [0.15, 0.2) is 0 Å². The van der Waals surface area contributed by atoms with Crippen LogP contribution in [0.4, 0.5) is 0 Å². The fraction of sp³-hybridized carbons (Fsp3) is 0.814. The van der Waals surface area contributed by atoms with Gasteiger partial charge in [-0.25, -0.2) is 0 Å². The molecule has 3 saturated carbocycles. The Bertz CT molecular complexity index is 1330. The second-order valence-electron chi connectivity index (χ2n) is 21.8. The molecule has 2 heteroatoms. The summed E-state index contributed by atoms with van der Waals surface area (Å²) < 4.78 is 6.17. The molecule has 0 amide bonds. The average molecular weight is 841 g/mol. The van der Waals surface area contributed by atoms with Gasteiger partial charge in [-0.2, -0.15) is 0 Å². The van der Waals surface area contributed by atoms with Crippen molar-refractivity contribution in [2.75, 3.05) is 0 Å². The monoisotopic (exact) mass is 841 g/mol. The molecule has 0 saturated heterocycles. The summed E-state index contributed by atoms with van der Waals surface area (Å²) >= 11 is 0. The molecule has 8 atom stereocenters. The third kappa shape index (κ3) is 17.9. The van der Waals surface area contributed by atoms with Crippen LogP contribution in [0.25, 0.3) is 0 Å². The zero-order valence-corrected chi connectivity index (χ0v) is 41.4. The van der Waals surface area contributed by atoms with Gasteiger partial charge >= 0.3 is 5.97 Å². The minimum absolute atomic E-state index is 0.0635. The van der Waals surface area contributed by atoms with Crippen molar-refractivity contribution in [1.29, 1.82) is 0 Å². The van der Waals surface area contributed by atoms with Gasteiger partial charge in [-0.1, -0.05) is 211 Å². The second kappa shape index (κ2) is 29.6. The first-order valence-electron chi connectivity index (χ1n) is 27.2. The molecule has 0 aromatic carbocycles. The zero-order chi connectivity index (χ0) is 43.6. The Balaban J connectivity index is 0.933. The molecular weight excluding hydrogens is 741 g/mol. The van der Waals surface area contributed by atoms with Crippen LogP contribution in [0, 0.1) is 46.3 Å². The molecule has 0 aromatic rings. The van der Waals surface area contributed by atoms with Crippen molar-refractivity contribution in [3.05, 3.63) is 60.3 Å². The first-order chi connectivity index (χ1) is 29.7. The van der Waals surface area contributed by atoms with E-state index in [9.17, 15) is 4.79 Å². The lowest BCUT2D eigenvalue weighted by molar-refractivity contribution is -0.151. The molecule has 0 aliphatic heterocycles. The maximum atomic E-state index is 12.9. The Kier molecular flexibility index (Phi) is 25.1. The molecule has 2 nitrogen and oxygen atoms in total. The van der Waals surface area contributed by atoms with Gasteiger partial charge in [0, 0.05) is 12.8 Å². The summed E-state index contributed by atoms with van der Waals surface area (Å²) in [5.74, 6) is 5.31. The van der Waals surface area contributed by atoms with E-state index >= 15 is 0 Å². The molecule has 348 valence electrons. The van der Waals surface area contributed by atoms with Gasteiger partial charge in [-0.05, 0) is 136 Å². The van der Waals surface area contributed by atoms with E-state index in [2.05, 4.69) is 96.2 Å². The molecule has 61 heavy (non-hydrogen) atoms. The van der Waals surface area contributed by atoms with Crippen molar-refractivity contribution in [3.8, 4) is 0 Å². The van der Waals surface area contributed by atoms with Crippen LogP contribution < -0.4 is 0 Å². The number of esters is 1. The van der Waals surface area contributed by atoms with Crippen LogP contribution in [0.3, 0.4) is 0 Å². The molecule has 0 N–H and O–H groups in total. The van der Waals surface area contributed by atoms with Crippen molar-refractivity contribution in [2.45, 2.75) is 260 Å². The van der Waals surface area contributed by atoms with E-state index in [1.165, 1.54) is 161 Å². The highest BCUT2D eigenvalue weighted by Gasteiger charge is 2.59. The first-order valence-corrected chi connectivity index (χ1v) is 27.2. The predicted octanol–water partition coefficient (Wildman–Crippen LogP) is 18.8. The Morgan fingerprint density at radius 1 is 0.639 bits per heavy atom. The highest BCUT2D eigenvalue weighted by Crippen LogP contribution is 2.67. The van der Waals surface area contributed by atoms with Gasteiger partial charge in [-0.15, -0.1) is 0 Å². The molecular formula is C59H100O2. The Morgan fingerprint density at radius 2 is 1.20 bits per heavy atom. The lowest BCUT2D eigenvalue weighted by Crippen LogP contribution is -2.51. The summed E-state index contributed by atoms with van der Waals surface area (Å²) in [5, 5.41) is 0. The zero-order valence-electron chi connectivity index (χ0n) is 41.4. The molecule has 0 radical (unpaired) electrons. The van der Waals surface area contributed by atoms with E-state index in [4.69, 9.17) is 4.74 Å². The van der Waals surface area contributed by atoms with Gasteiger partial charge in [-0.3, -0.25) is 4.79 Å².